The third-order valence-corrected chi connectivity index (χ3v) is 1.99. The number of carbonyl (C=O) groups excluding carboxylic acids is 1. The van der Waals surface area contributed by atoms with Gasteiger partial charge in [0.05, 0.1) is 19.1 Å². The number of ether oxygens (including phenoxy) is 1. The molecule has 1 aromatic carbocycles. The first-order valence-electron chi connectivity index (χ1n) is 4.83. The van der Waals surface area contributed by atoms with Crippen LogP contribution in [0.5, 0.6) is 0 Å². The summed E-state index contributed by atoms with van der Waals surface area (Å²) in [5.74, 6) is -2.24. The maximum Gasteiger partial charge on any atom is 0.308 e. The fourth-order valence-corrected chi connectivity index (χ4v) is 1.26. The summed E-state index contributed by atoms with van der Waals surface area (Å²) in [6.45, 7) is 1.82. The number of hydrogen-bond donors (Lipinski definition) is 1. The molecule has 88 valence electrons. The van der Waals surface area contributed by atoms with Gasteiger partial charge in [0.25, 0.3) is 0 Å². The molecule has 0 radical (unpaired) electrons. The predicted octanol–water partition coefficient (Wildman–Crippen LogP) is 1.95. The van der Waals surface area contributed by atoms with Gasteiger partial charge in [0.2, 0.25) is 0 Å². The molecule has 0 aliphatic rings. The Morgan fingerprint density at radius 1 is 1.50 bits per heavy atom. The molecule has 1 aromatic rings. The van der Waals surface area contributed by atoms with Crippen molar-refractivity contribution in [2.24, 2.45) is 0 Å². The Labute approximate surface area is 91.7 Å². The standard InChI is InChI=1S/C11H12F2O3/c1-2-16-11(15)6-10(14)8-4-3-7(12)5-9(8)13/h3-5,10,14H,2,6H2,1H3/t10-/m0/s1. The highest BCUT2D eigenvalue weighted by atomic mass is 19.1. The van der Waals surface area contributed by atoms with Crippen LogP contribution in [0, 0.1) is 11.6 Å². The minimum atomic E-state index is -1.32. The fraction of sp³-hybridized carbons (Fsp3) is 0.364. The Morgan fingerprint density at radius 2 is 2.19 bits per heavy atom. The molecule has 1 rings (SSSR count). The van der Waals surface area contributed by atoms with Crippen LogP contribution >= 0.6 is 0 Å². The van der Waals surface area contributed by atoms with Gasteiger partial charge in [0.15, 0.2) is 0 Å². The molecular formula is C11H12F2O3. The van der Waals surface area contributed by atoms with Gasteiger partial charge in [-0.15, -0.1) is 0 Å². The molecule has 16 heavy (non-hydrogen) atoms. The molecule has 0 aliphatic heterocycles. The van der Waals surface area contributed by atoms with Crippen molar-refractivity contribution in [3.8, 4) is 0 Å². The Bertz CT molecular complexity index is 379. The Balaban J connectivity index is 2.72. The number of rotatable bonds is 4. The first kappa shape index (κ1) is 12.6. The average molecular weight is 230 g/mol. The average Bonchev–Trinajstić information content (AvgIpc) is 2.17. The van der Waals surface area contributed by atoms with Crippen molar-refractivity contribution in [2.75, 3.05) is 6.61 Å². The lowest BCUT2D eigenvalue weighted by molar-refractivity contribution is -0.145. The number of carbonyl (C=O) groups is 1. The van der Waals surface area contributed by atoms with E-state index in [0.717, 1.165) is 12.1 Å². The SMILES string of the molecule is CCOC(=O)C[C@H](O)c1ccc(F)cc1F. The Kier molecular flexibility index (Phi) is 4.37. The van der Waals surface area contributed by atoms with Crippen molar-refractivity contribution in [1.29, 1.82) is 0 Å². The van der Waals surface area contributed by atoms with E-state index in [-0.39, 0.29) is 18.6 Å². The van der Waals surface area contributed by atoms with Crippen molar-refractivity contribution in [2.45, 2.75) is 19.4 Å². The van der Waals surface area contributed by atoms with Crippen molar-refractivity contribution in [1.82, 2.24) is 0 Å². The molecule has 5 heteroatoms. The van der Waals surface area contributed by atoms with E-state index in [0.29, 0.717) is 6.07 Å². The number of hydrogen-bond acceptors (Lipinski definition) is 3. The normalized spacial score (nSPS) is 12.2. The molecule has 0 aromatic heterocycles. The van der Waals surface area contributed by atoms with E-state index in [1.807, 2.05) is 0 Å². The second kappa shape index (κ2) is 5.55. The first-order chi connectivity index (χ1) is 7.54. The summed E-state index contributed by atoms with van der Waals surface area (Å²) >= 11 is 0. The van der Waals surface area contributed by atoms with E-state index in [1.165, 1.54) is 0 Å². The molecule has 1 atom stereocenters. The highest BCUT2D eigenvalue weighted by Crippen LogP contribution is 2.21. The zero-order valence-electron chi connectivity index (χ0n) is 8.74. The van der Waals surface area contributed by atoms with E-state index in [9.17, 15) is 18.7 Å². The van der Waals surface area contributed by atoms with Gasteiger partial charge >= 0.3 is 5.97 Å². The summed E-state index contributed by atoms with van der Waals surface area (Å²) in [5.41, 5.74) is -0.116. The first-order valence-corrected chi connectivity index (χ1v) is 4.83. The number of halogens is 2. The van der Waals surface area contributed by atoms with E-state index in [2.05, 4.69) is 4.74 Å². The van der Waals surface area contributed by atoms with Crippen LogP contribution in [-0.2, 0) is 9.53 Å². The molecule has 0 saturated carbocycles. The molecule has 0 heterocycles. The van der Waals surface area contributed by atoms with Crippen LogP contribution in [0.25, 0.3) is 0 Å². The summed E-state index contributed by atoms with van der Waals surface area (Å²) < 4.78 is 30.4. The highest BCUT2D eigenvalue weighted by molar-refractivity contribution is 5.70. The topological polar surface area (TPSA) is 46.5 Å². The van der Waals surface area contributed by atoms with Gasteiger partial charge in [0.1, 0.15) is 11.6 Å². The monoisotopic (exact) mass is 230 g/mol. The lowest BCUT2D eigenvalue weighted by Crippen LogP contribution is -2.11. The lowest BCUT2D eigenvalue weighted by Gasteiger charge is -2.11. The van der Waals surface area contributed by atoms with Gasteiger partial charge in [-0.3, -0.25) is 4.79 Å². The number of aliphatic hydroxyl groups is 1. The van der Waals surface area contributed by atoms with Gasteiger partial charge in [0, 0.05) is 11.6 Å². The maximum atomic E-state index is 13.2. The predicted molar refractivity (Wildman–Crippen MR) is 52.6 cm³/mol. The van der Waals surface area contributed by atoms with Gasteiger partial charge in [-0.2, -0.15) is 0 Å². The van der Waals surface area contributed by atoms with Crippen molar-refractivity contribution >= 4 is 5.97 Å². The van der Waals surface area contributed by atoms with Crippen LogP contribution in [0.3, 0.4) is 0 Å². The lowest BCUT2D eigenvalue weighted by atomic mass is 10.1. The van der Waals surface area contributed by atoms with Crippen molar-refractivity contribution in [3.05, 3.63) is 35.4 Å². The van der Waals surface area contributed by atoms with E-state index in [4.69, 9.17) is 0 Å². The van der Waals surface area contributed by atoms with Crippen molar-refractivity contribution < 1.29 is 23.4 Å². The minimum absolute atomic E-state index is 0.116. The molecule has 3 nitrogen and oxygen atoms in total. The van der Waals surface area contributed by atoms with Crippen LogP contribution in [0.2, 0.25) is 0 Å². The van der Waals surface area contributed by atoms with E-state index >= 15 is 0 Å². The zero-order valence-corrected chi connectivity index (χ0v) is 8.74. The smallest absolute Gasteiger partial charge is 0.308 e. The van der Waals surface area contributed by atoms with Crippen LogP contribution in [-0.4, -0.2) is 17.7 Å². The molecule has 0 spiro atoms. The summed E-state index contributed by atoms with van der Waals surface area (Å²) in [6.07, 6.45) is -1.67. The van der Waals surface area contributed by atoms with Crippen LogP contribution in [0.1, 0.15) is 25.0 Å². The third kappa shape index (κ3) is 3.27. The Morgan fingerprint density at radius 3 is 2.75 bits per heavy atom. The zero-order chi connectivity index (χ0) is 12.1. The summed E-state index contributed by atoms with van der Waals surface area (Å²) in [6, 6.07) is 2.78. The molecule has 0 aliphatic carbocycles. The number of aliphatic hydroxyl groups excluding tert-OH is 1. The summed E-state index contributed by atoms with van der Waals surface area (Å²) in [4.78, 5) is 11.0. The molecule has 0 unspecified atom stereocenters. The van der Waals surface area contributed by atoms with Gasteiger partial charge in [-0.1, -0.05) is 6.07 Å². The molecule has 0 fully saturated rings. The molecular weight excluding hydrogens is 218 g/mol. The van der Waals surface area contributed by atoms with Crippen LogP contribution in [0.15, 0.2) is 18.2 Å². The van der Waals surface area contributed by atoms with E-state index < -0.39 is 23.7 Å². The molecule has 0 bridgehead atoms. The van der Waals surface area contributed by atoms with Crippen LogP contribution < -0.4 is 0 Å². The Hall–Kier alpha value is -1.49. The largest absolute Gasteiger partial charge is 0.466 e. The van der Waals surface area contributed by atoms with E-state index in [1.54, 1.807) is 6.92 Å². The number of benzene rings is 1. The van der Waals surface area contributed by atoms with Gasteiger partial charge in [-0.05, 0) is 13.0 Å². The number of esters is 1. The van der Waals surface area contributed by atoms with Gasteiger partial charge < -0.3 is 9.84 Å². The summed E-state index contributed by atoms with van der Waals surface area (Å²) in [7, 11) is 0. The van der Waals surface area contributed by atoms with Crippen molar-refractivity contribution in [3.63, 3.8) is 0 Å². The molecule has 0 saturated heterocycles. The quantitative estimate of drug-likeness (QED) is 0.804. The fourth-order valence-electron chi connectivity index (χ4n) is 1.26. The second-order valence-corrected chi connectivity index (χ2v) is 3.19. The second-order valence-electron chi connectivity index (χ2n) is 3.19. The summed E-state index contributed by atoms with van der Waals surface area (Å²) in [5, 5.41) is 9.53. The minimum Gasteiger partial charge on any atom is -0.466 e. The van der Waals surface area contributed by atoms with Gasteiger partial charge in [-0.25, -0.2) is 8.78 Å². The molecule has 1 N–H and O–H groups in total. The van der Waals surface area contributed by atoms with Crippen LogP contribution in [0.4, 0.5) is 8.78 Å². The molecule has 0 amide bonds. The maximum absolute atomic E-state index is 13.2. The third-order valence-electron chi connectivity index (χ3n) is 1.99. The highest BCUT2D eigenvalue weighted by Gasteiger charge is 2.17.